The third-order valence-corrected chi connectivity index (χ3v) is 7.03. The molecule has 8 heteroatoms. The predicted octanol–water partition coefficient (Wildman–Crippen LogP) is 2.40. The van der Waals surface area contributed by atoms with Crippen molar-refractivity contribution in [3.63, 3.8) is 0 Å². The van der Waals surface area contributed by atoms with Crippen molar-refractivity contribution in [2.75, 3.05) is 24.2 Å². The van der Waals surface area contributed by atoms with Gasteiger partial charge in [-0.25, -0.2) is 18.4 Å². The number of hydrogen-bond acceptors (Lipinski definition) is 5. The summed E-state index contributed by atoms with van der Waals surface area (Å²) in [5.41, 5.74) is 2.78. The lowest BCUT2D eigenvalue weighted by Gasteiger charge is -2.33. The highest BCUT2D eigenvalue weighted by Crippen LogP contribution is 2.35. The number of benzene rings is 1. The molecule has 1 saturated heterocycles. The highest BCUT2D eigenvalue weighted by atomic mass is 32.2. The molecule has 154 valence electrons. The zero-order valence-electron chi connectivity index (χ0n) is 16.8. The van der Waals surface area contributed by atoms with Crippen molar-refractivity contribution in [3.05, 3.63) is 53.0 Å². The highest BCUT2D eigenvalue weighted by Gasteiger charge is 2.36. The van der Waals surface area contributed by atoms with Crippen molar-refractivity contribution < 1.29 is 13.2 Å². The molecule has 1 aromatic carbocycles. The molecule has 29 heavy (non-hydrogen) atoms. The Hall–Kier alpha value is -2.32. The van der Waals surface area contributed by atoms with Crippen LogP contribution >= 0.6 is 0 Å². The molecule has 1 amide bonds. The number of fused-ring (bicyclic) bond motifs is 1. The molecule has 7 nitrogen and oxygen atoms in total. The van der Waals surface area contributed by atoms with E-state index in [-0.39, 0.29) is 11.9 Å². The molecule has 1 atom stereocenters. The average molecular weight is 415 g/mol. The van der Waals surface area contributed by atoms with Gasteiger partial charge in [0.05, 0.1) is 18.7 Å². The lowest BCUT2D eigenvalue weighted by Crippen LogP contribution is -2.39. The maximum absolute atomic E-state index is 12.7. The summed E-state index contributed by atoms with van der Waals surface area (Å²) < 4.78 is 26.0. The van der Waals surface area contributed by atoms with E-state index in [4.69, 9.17) is 4.98 Å². The van der Waals surface area contributed by atoms with Crippen LogP contribution in [0, 0.1) is 6.92 Å². The van der Waals surface area contributed by atoms with Gasteiger partial charge in [0, 0.05) is 24.3 Å². The van der Waals surface area contributed by atoms with Crippen LogP contribution in [0.4, 0.5) is 5.82 Å². The van der Waals surface area contributed by atoms with Crippen molar-refractivity contribution in [1.82, 2.24) is 14.3 Å². The summed E-state index contributed by atoms with van der Waals surface area (Å²) in [4.78, 5) is 23.8. The van der Waals surface area contributed by atoms with Crippen molar-refractivity contribution in [3.8, 4) is 0 Å². The molecule has 2 aliphatic heterocycles. The Balaban J connectivity index is 1.65. The molecule has 0 saturated carbocycles. The van der Waals surface area contributed by atoms with Crippen molar-refractivity contribution in [1.29, 1.82) is 0 Å². The minimum Gasteiger partial charge on any atom is -0.296 e. The first kappa shape index (κ1) is 20.0. The standard InChI is InChI=1S/C21H26N4O3S/c1-15-17-14-19(26)24(13-11-16-8-4-3-5-9-16)21(17)23-20(22-15)18-10-6-7-12-25(18)29(2,27)28/h3-5,8-9,18H,6-7,10-14H2,1-2H3/t18-/m0/s1. The normalized spacial score (nSPS) is 20.1. The Morgan fingerprint density at radius 2 is 1.90 bits per heavy atom. The fourth-order valence-corrected chi connectivity index (χ4v) is 5.35. The SMILES string of the molecule is Cc1nc([C@@H]2CCCCN2S(C)(=O)=O)nc2c1CC(=O)N2CCc1ccccc1. The van der Waals surface area contributed by atoms with E-state index < -0.39 is 10.0 Å². The minimum atomic E-state index is -3.35. The fraction of sp³-hybridized carbons (Fsp3) is 0.476. The summed E-state index contributed by atoms with van der Waals surface area (Å²) in [5, 5.41) is 0. The third kappa shape index (κ3) is 4.04. The van der Waals surface area contributed by atoms with E-state index in [1.54, 1.807) is 4.90 Å². The Morgan fingerprint density at radius 3 is 2.62 bits per heavy atom. The first-order valence-corrected chi connectivity index (χ1v) is 11.9. The smallest absolute Gasteiger partial charge is 0.232 e. The first-order valence-electron chi connectivity index (χ1n) is 10.0. The summed E-state index contributed by atoms with van der Waals surface area (Å²) in [6, 6.07) is 9.67. The Bertz CT molecular complexity index is 1020. The van der Waals surface area contributed by atoms with Gasteiger partial charge in [0.25, 0.3) is 0 Å². The largest absolute Gasteiger partial charge is 0.296 e. The number of anilines is 1. The fourth-order valence-electron chi connectivity index (χ4n) is 4.22. The van der Waals surface area contributed by atoms with E-state index in [1.165, 1.54) is 10.6 Å². The molecular formula is C21H26N4O3S. The van der Waals surface area contributed by atoms with Gasteiger partial charge in [-0.3, -0.25) is 9.69 Å². The van der Waals surface area contributed by atoms with Gasteiger partial charge in [0.15, 0.2) is 0 Å². The van der Waals surface area contributed by atoms with Crippen LogP contribution in [0.3, 0.4) is 0 Å². The number of carbonyl (C=O) groups excluding carboxylic acids is 1. The van der Waals surface area contributed by atoms with Gasteiger partial charge in [0.2, 0.25) is 15.9 Å². The second-order valence-corrected chi connectivity index (χ2v) is 9.75. The summed E-state index contributed by atoms with van der Waals surface area (Å²) in [7, 11) is -3.35. The highest BCUT2D eigenvalue weighted by molar-refractivity contribution is 7.88. The summed E-state index contributed by atoms with van der Waals surface area (Å²) >= 11 is 0. The van der Waals surface area contributed by atoms with E-state index in [0.29, 0.717) is 37.6 Å². The van der Waals surface area contributed by atoms with Crippen molar-refractivity contribution >= 4 is 21.7 Å². The maximum Gasteiger partial charge on any atom is 0.232 e. The quantitative estimate of drug-likeness (QED) is 0.750. The van der Waals surface area contributed by atoms with Gasteiger partial charge in [-0.05, 0) is 31.7 Å². The van der Waals surface area contributed by atoms with Gasteiger partial charge in [0.1, 0.15) is 11.6 Å². The molecular weight excluding hydrogens is 388 g/mol. The number of amides is 1. The minimum absolute atomic E-state index is 0.0223. The maximum atomic E-state index is 12.7. The van der Waals surface area contributed by atoms with Crippen LogP contribution < -0.4 is 4.90 Å². The molecule has 0 unspecified atom stereocenters. The summed E-state index contributed by atoms with van der Waals surface area (Å²) in [5.74, 6) is 1.17. The number of piperidine rings is 1. The number of nitrogens with zero attached hydrogens (tertiary/aromatic N) is 4. The third-order valence-electron chi connectivity index (χ3n) is 5.74. The Labute approximate surface area is 171 Å². The van der Waals surface area contributed by atoms with E-state index in [1.807, 2.05) is 37.3 Å². The number of rotatable bonds is 5. The van der Waals surface area contributed by atoms with Crippen LogP contribution in [0.5, 0.6) is 0 Å². The monoisotopic (exact) mass is 414 g/mol. The predicted molar refractivity (Wildman–Crippen MR) is 111 cm³/mol. The van der Waals surface area contributed by atoms with Gasteiger partial charge < -0.3 is 0 Å². The van der Waals surface area contributed by atoms with Crippen LogP contribution in [0.2, 0.25) is 0 Å². The van der Waals surface area contributed by atoms with Crippen LogP contribution in [0.1, 0.15) is 47.9 Å². The van der Waals surface area contributed by atoms with E-state index in [2.05, 4.69) is 4.98 Å². The van der Waals surface area contributed by atoms with E-state index >= 15 is 0 Å². The van der Waals surface area contributed by atoms with Gasteiger partial charge in [-0.2, -0.15) is 4.31 Å². The molecule has 3 heterocycles. The van der Waals surface area contributed by atoms with Gasteiger partial charge in [-0.15, -0.1) is 0 Å². The van der Waals surface area contributed by atoms with Gasteiger partial charge in [-0.1, -0.05) is 36.8 Å². The zero-order chi connectivity index (χ0) is 20.6. The number of carbonyl (C=O) groups is 1. The molecule has 0 N–H and O–H groups in total. The molecule has 2 aromatic rings. The van der Waals surface area contributed by atoms with Crippen LogP contribution in [-0.4, -0.2) is 47.9 Å². The second-order valence-electron chi connectivity index (χ2n) is 7.81. The van der Waals surface area contributed by atoms with Crippen LogP contribution in [0.15, 0.2) is 30.3 Å². The van der Waals surface area contributed by atoms with E-state index in [0.717, 1.165) is 36.1 Å². The lowest BCUT2D eigenvalue weighted by atomic mass is 10.0. The van der Waals surface area contributed by atoms with Crippen molar-refractivity contribution in [2.24, 2.45) is 0 Å². The topological polar surface area (TPSA) is 83.5 Å². The second kappa shape index (κ2) is 7.84. The number of sulfonamides is 1. The lowest BCUT2D eigenvalue weighted by molar-refractivity contribution is -0.117. The first-order chi connectivity index (χ1) is 13.8. The molecule has 0 bridgehead atoms. The van der Waals surface area contributed by atoms with Gasteiger partial charge >= 0.3 is 0 Å². The molecule has 1 aromatic heterocycles. The van der Waals surface area contributed by atoms with Crippen molar-refractivity contribution in [2.45, 2.75) is 45.1 Å². The summed E-state index contributed by atoms with van der Waals surface area (Å²) in [6.45, 7) is 2.91. The number of aromatic nitrogens is 2. The zero-order valence-corrected chi connectivity index (χ0v) is 17.7. The van der Waals surface area contributed by atoms with E-state index in [9.17, 15) is 13.2 Å². The number of aryl methyl sites for hydroxylation is 1. The Morgan fingerprint density at radius 1 is 1.14 bits per heavy atom. The molecule has 4 rings (SSSR count). The average Bonchev–Trinajstić information content (AvgIpc) is 3.02. The summed E-state index contributed by atoms with van der Waals surface area (Å²) in [6.07, 6.45) is 4.76. The molecule has 2 aliphatic rings. The Kier molecular flexibility index (Phi) is 5.40. The molecule has 0 aliphatic carbocycles. The molecule has 0 radical (unpaired) electrons. The molecule has 1 fully saturated rings. The molecule has 0 spiro atoms. The number of hydrogen-bond donors (Lipinski definition) is 0. The van der Waals surface area contributed by atoms with Crippen LogP contribution in [0.25, 0.3) is 0 Å². The van der Waals surface area contributed by atoms with Crippen LogP contribution in [-0.2, 0) is 27.7 Å².